The van der Waals surface area contributed by atoms with E-state index in [4.69, 9.17) is 4.74 Å². The summed E-state index contributed by atoms with van der Waals surface area (Å²) in [7, 11) is 1.58. The minimum Gasteiger partial charge on any atom is -0.507 e. The van der Waals surface area contributed by atoms with Crippen LogP contribution in [0.5, 0.6) is 11.6 Å². The average molecular weight is 486 g/mol. The molecule has 0 saturated carbocycles. The number of phenolic OH excluding ortho intramolecular Hbond substituents is 1. The molecule has 8 nitrogen and oxygen atoms in total. The number of H-pyrrole nitrogens is 1. The molecule has 0 spiro atoms. The molecule has 2 aromatic heterocycles. The molecule has 186 valence electrons. The third-order valence-electron chi connectivity index (χ3n) is 6.73. The molecular formula is C28H31N5O3. The molecule has 3 heterocycles. The molecule has 0 bridgehead atoms. The van der Waals surface area contributed by atoms with Gasteiger partial charge in [0.2, 0.25) is 5.88 Å². The van der Waals surface area contributed by atoms with E-state index in [9.17, 15) is 9.90 Å². The SMILES string of the molecule is CCCN1CCC(NC(=O)c2ccc3nc(-c4cc(-c5cccnc5OC)ccc4O)[nH]c3c2)CC1. The van der Waals surface area contributed by atoms with Crippen LogP contribution in [0.3, 0.4) is 0 Å². The monoisotopic (exact) mass is 485 g/mol. The first-order valence-electron chi connectivity index (χ1n) is 12.4. The molecule has 0 unspecified atom stereocenters. The fourth-order valence-electron chi connectivity index (χ4n) is 4.83. The van der Waals surface area contributed by atoms with Gasteiger partial charge in [0, 0.05) is 36.5 Å². The van der Waals surface area contributed by atoms with Crippen LogP contribution in [0, 0.1) is 0 Å². The van der Waals surface area contributed by atoms with Crippen molar-refractivity contribution in [2.45, 2.75) is 32.2 Å². The van der Waals surface area contributed by atoms with Crippen LogP contribution in [0.1, 0.15) is 36.5 Å². The Morgan fingerprint density at radius 3 is 2.78 bits per heavy atom. The van der Waals surface area contributed by atoms with Crippen LogP contribution < -0.4 is 10.1 Å². The summed E-state index contributed by atoms with van der Waals surface area (Å²) in [5, 5.41) is 13.8. The van der Waals surface area contributed by atoms with Gasteiger partial charge in [-0.2, -0.15) is 0 Å². The van der Waals surface area contributed by atoms with Gasteiger partial charge >= 0.3 is 0 Å². The number of nitrogens with one attached hydrogen (secondary N) is 2. The molecule has 1 saturated heterocycles. The molecule has 5 rings (SSSR count). The van der Waals surface area contributed by atoms with E-state index in [0.29, 0.717) is 22.8 Å². The van der Waals surface area contributed by atoms with Gasteiger partial charge in [0.15, 0.2) is 0 Å². The predicted molar refractivity (Wildman–Crippen MR) is 140 cm³/mol. The van der Waals surface area contributed by atoms with Gasteiger partial charge in [0.25, 0.3) is 5.91 Å². The summed E-state index contributed by atoms with van der Waals surface area (Å²) >= 11 is 0. The highest BCUT2D eigenvalue weighted by atomic mass is 16.5. The van der Waals surface area contributed by atoms with E-state index < -0.39 is 0 Å². The Morgan fingerprint density at radius 1 is 1.17 bits per heavy atom. The van der Waals surface area contributed by atoms with Crippen molar-refractivity contribution in [2.75, 3.05) is 26.7 Å². The van der Waals surface area contributed by atoms with Crippen molar-refractivity contribution >= 4 is 16.9 Å². The van der Waals surface area contributed by atoms with E-state index in [1.54, 1.807) is 25.4 Å². The summed E-state index contributed by atoms with van der Waals surface area (Å²) in [6, 6.07) is 14.7. The Bertz CT molecular complexity index is 1370. The molecule has 2 aromatic carbocycles. The highest BCUT2D eigenvalue weighted by molar-refractivity contribution is 5.98. The van der Waals surface area contributed by atoms with Gasteiger partial charge in [-0.25, -0.2) is 9.97 Å². The zero-order valence-electron chi connectivity index (χ0n) is 20.6. The number of benzene rings is 2. The number of fused-ring (bicyclic) bond motifs is 1. The number of ether oxygens (including phenoxy) is 1. The number of nitrogens with zero attached hydrogens (tertiary/aromatic N) is 3. The summed E-state index contributed by atoms with van der Waals surface area (Å²) < 4.78 is 5.39. The lowest BCUT2D eigenvalue weighted by Crippen LogP contribution is -2.44. The molecule has 0 aliphatic carbocycles. The number of aromatic hydroxyl groups is 1. The summed E-state index contributed by atoms with van der Waals surface area (Å²) in [4.78, 5) is 27.6. The molecule has 8 heteroatoms. The summed E-state index contributed by atoms with van der Waals surface area (Å²) in [6.45, 7) is 5.36. The van der Waals surface area contributed by atoms with Crippen LogP contribution in [-0.2, 0) is 0 Å². The number of phenols is 1. The second-order valence-electron chi connectivity index (χ2n) is 9.20. The van der Waals surface area contributed by atoms with Gasteiger partial charge < -0.3 is 25.0 Å². The first-order chi connectivity index (χ1) is 17.6. The van der Waals surface area contributed by atoms with Crippen molar-refractivity contribution in [1.29, 1.82) is 0 Å². The van der Waals surface area contributed by atoms with E-state index >= 15 is 0 Å². The zero-order chi connectivity index (χ0) is 25.1. The van der Waals surface area contributed by atoms with E-state index in [0.717, 1.165) is 61.1 Å². The number of amides is 1. The number of hydrogen-bond donors (Lipinski definition) is 3. The topological polar surface area (TPSA) is 103 Å². The Hall–Kier alpha value is -3.91. The smallest absolute Gasteiger partial charge is 0.251 e. The molecule has 0 radical (unpaired) electrons. The first kappa shape index (κ1) is 23.8. The van der Waals surface area contributed by atoms with Crippen LogP contribution in [0.25, 0.3) is 33.5 Å². The van der Waals surface area contributed by atoms with E-state index in [-0.39, 0.29) is 17.7 Å². The number of likely N-dealkylation sites (tertiary alicyclic amines) is 1. The van der Waals surface area contributed by atoms with Crippen molar-refractivity contribution in [2.24, 2.45) is 0 Å². The number of pyridine rings is 1. The third-order valence-corrected chi connectivity index (χ3v) is 6.73. The fraction of sp³-hybridized carbons (Fsp3) is 0.321. The minimum absolute atomic E-state index is 0.0736. The Kier molecular flexibility index (Phi) is 6.86. The maximum Gasteiger partial charge on any atom is 0.251 e. The molecule has 1 fully saturated rings. The molecule has 1 aliphatic heterocycles. The van der Waals surface area contributed by atoms with E-state index in [1.807, 2.05) is 36.4 Å². The predicted octanol–water partition coefficient (Wildman–Crippen LogP) is 4.61. The Labute approximate surface area is 210 Å². The largest absolute Gasteiger partial charge is 0.507 e. The number of piperidine rings is 1. The number of aromatic amines is 1. The van der Waals surface area contributed by atoms with Gasteiger partial charge in [-0.15, -0.1) is 0 Å². The van der Waals surface area contributed by atoms with Crippen molar-refractivity contribution in [3.8, 4) is 34.1 Å². The van der Waals surface area contributed by atoms with E-state index in [1.165, 1.54) is 0 Å². The number of rotatable bonds is 7. The zero-order valence-corrected chi connectivity index (χ0v) is 20.6. The highest BCUT2D eigenvalue weighted by Crippen LogP contribution is 2.35. The number of hydrogen-bond acceptors (Lipinski definition) is 6. The van der Waals surface area contributed by atoms with Crippen LogP contribution in [0.2, 0.25) is 0 Å². The first-order valence-corrected chi connectivity index (χ1v) is 12.4. The van der Waals surface area contributed by atoms with Gasteiger partial charge in [-0.1, -0.05) is 13.0 Å². The molecule has 1 amide bonds. The second kappa shape index (κ2) is 10.4. The summed E-state index contributed by atoms with van der Waals surface area (Å²) in [5.41, 5.74) is 4.26. The highest BCUT2D eigenvalue weighted by Gasteiger charge is 2.21. The maximum absolute atomic E-state index is 12.9. The Morgan fingerprint density at radius 2 is 2.00 bits per heavy atom. The number of imidazole rings is 1. The van der Waals surface area contributed by atoms with Crippen molar-refractivity contribution in [1.82, 2.24) is 25.2 Å². The van der Waals surface area contributed by atoms with Gasteiger partial charge in [0.05, 0.1) is 23.7 Å². The standard InChI is InChI=1S/C28H31N5O3/c1-3-13-33-14-10-20(11-15-33)30-27(35)19-6-8-23-24(17-19)32-26(31-23)22-16-18(7-9-25(22)34)21-5-4-12-29-28(21)36-2/h4-9,12,16-17,20,34H,3,10-11,13-15H2,1-2H3,(H,30,35)(H,31,32). The number of carbonyl (C=O) groups is 1. The fourth-order valence-corrected chi connectivity index (χ4v) is 4.83. The van der Waals surface area contributed by atoms with Gasteiger partial charge in [-0.3, -0.25) is 4.79 Å². The molecule has 0 atom stereocenters. The quantitative estimate of drug-likeness (QED) is 0.353. The molecule has 36 heavy (non-hydrogen) atoms. The van der Waals surface area contributed by atoms with Crippen LogP contribution in [0.15, 0.2) is 54.7 Å². The third kappa shape index (κ3) is 4.90. The second-order valence-corrected chi connectivity index (χ2v) is 9.20. The normalized spacial score (nSPS) is 14.7. The number of methoxy groups -OCH3 is 1. The average Bonchev–Trinajstić information content (AvgIpc) is 3.33. The molecule has 1 aliphatic rings. The summed E-state index contributed by atoms with van der Waals surface area (Å²) in [5.74, 6) is 1.06. The lowest BCUT2D eigenvalue weighted by molar-refractivity contribution is 0.0911. The van der Waals surface area contributed by atoms with Crippen molar-refractivity contribution in [3.63, 3.8) is 0 Å². The number of carbonyl (C=O) groups excluding carboxylic acids is 1. The van der Waals surface area contributed by atoms with Gasteiger partial charge in [0.1, 0.15) is 11.6 Å². The van der Waals surface area contributed by atoms with Crippen LogP contribution in [-0.4, -0.2) is 63.7 Å². The van der Waals surface area contributed by atoms with Crippen molar-refractivity contribution in [3.05, 3.63) is 60.3 Å². The lowest BCUT2D eigenvalue weighted by Gasteiger charge is -2.32. The maximum atomic E-state index is 12.9. The minimum atomic E-state index is -0.0736. The van der Waals surface area contributed by atoms with Crippen LogP contribution in [0.4, 0.5) is 0 Å². The van der Waals surface area contributed by atoms with E-state index in [2.05, 4.69) is 32.1 Å². The molecule has 4 aromatic rings. The number of aromatic nitrogens is 3. The molecular weight excluding hydrogens is 454 g/mol. The Balaban J connectivity index is 1.37. The van der Waals surface area contributed by atoms with Crippen LogP contribution >= 0.6 is 0 Å². The summed E-state index contributed by atoms with van der Waals surface area (Å²) in [6.07, 6.45) is 4.77. The molecule has 3 N–H and O–H groups in total. The lowest BCUT2D eigenvalue weighted by atomic mass is 10.0. The van der Waals surface area contributed by atoms with Crippen molar-refractivity contribution < 1.29 is 14.6 Å². The van der Waals surface area contributed by atoms with Gasteiger partial charge in [-0.05, 0) is 73.8 Å².